The van der Waals surface area contributed by atoms with Gasteiger partial charge in [0.1, 0.15) is 11.6 Å². The quantitative estimate of drug-likeness (QED) is 0.653. The van der Waals surface area contributed by atoms with Crippen LogP contribution in [0.2, 0.25) is 0 Å². The molecule has 1 saturated heterocycles. The Morgan fingerprint density at radius 1 is 1.07 bits per heavy atom. The molecule has 0 spiro atoms. The number of anilines is 4. The molecule has 2 aromatic carbocycles. The second-order valence-electron chi connectivity index (χ2n) is 7.46. The summed E-state index contributed by atoms with van der Waals surface area (Å²) in [6, 6.07) is 16.2. The van der Waals surface area contributed by atoms with Gasteiger partial charge in [-0.3, -0.25) is 4.79 Å². The van der Waals surface area contributed by atoms with Crippen LogP contribution in [0.5, 0.6) is 0 Å². The molecule has 2 heterocycles. The summed E-state index contributed by atoms with van der Waals surface area (Å²) in [4.78, 5) is 23.6. The summed E-state index contributed by atoms with van der Waals surface area (Å²) in [5, 5.41) is 5.99. The Morgan fingerprint density at radius 3 is 2.53 bits per heavy atom. The molecule has 30 heavy (non-hydrogen) atoms. The average molecular weight is 405 g/mol. The Balaban J connectivity index is 1.35. The number of carbonyl (C=O) groups is 1. The van der Waals surface area contributed by atoms with Crippen LogP contribution in [0.1, 0.15) is 18.4 Å². The van der Waals surface area contributed by atoms with E-state index in [2.05, 4.69) is 25.5 Å². The van der Waals surface area contributed by atoms with Crippen LogP contribution in [0.25, 0.3) is 0 Å². The Labute approximate surface area is 175 Å². The maximum atomic E-state index is 13.8. The highest BCUT2D eigenvalue weighted by molar-refractivity contribution is 5.92. The molecule has 7 heteroatoms. The number of carbonyl (C=O) groups excluding carboxylic acids is 1. The highest BCUT2D eigenvalue weighted by atomic mass is 19.1. The predicted octanol–water partition coefficient (Wildman–Crippen LogP) is 4.52. The first kappa shape index (κ1) is 19.8. The van der Waals surface area contributed by atoms with E-state index in [0.717, 1.165) is 11.5 Å². The van der Waals surface area contributed by atoms with Gasteiger partial charge in [0.15, 0.2) is 0 Å². The lowest BCUT2D eigenvalue weighted by atomic mass is 9.96. The number of piperidine rings is 1. The molecule has 0 radical (unpaired) electrons. The molecule has 0 bridgehead atoms. The molecule has 0 aliphatic carbocycles. The number of para-hydroxylation sites is 1. The van der Waals surface area contributed by atoms with Crippen LogP contribution in [0.4, 0.5) is 27.5 Å². The molecule has 1 aromatic heterocycles. The van der Waals surface area contributed by atoms with E-state index in [1.165, 1.54) is 11.6 Å². The zero-order valence-corrected chi connectivity index (χ0v) is 16.8. The number of hydrogen-bond donors (Lipinski definition) is 2. The molecule has 1 amide bonds. The van der Waals surface area contributed by atoms with Crippen LogP contribution >= 0.6 is 0 Å². The molecule has 0 saturated carbocycles. The zero-order valence-electron chi connectivity index (χ0n) is 16.8. The Bertz CT molecular complexity index is 1020. The summed E-state index contributed by atoms with van der Waals surface area (Å²) >= 11 is 0. The number of nitrogens with zero attached hydrogens (tertiary/aromatic N) is 3. The Morgan fingerprint density at radius 2 is 1.80 bits per heavy atom. The monoisotopic (exact) mass is 405 g/mol. The van der Waals surface area contributed by atoms with E-state index in [4.69, 9.17) is 0 Å². The Hall–Kier alpha value is -3.48. The van der Waals surface area contributed by atoms with E-state index < -0.39 is 5.82 Å². The molecule has 154 valence electrons. The highest BCUT2D eigenvalue weighted by Crippen LogP contribution is 2.24. The van der Waals surface area contributed by atoms with Crippen LogP contribution in [-0.4, -0.2) is 29.0 Å². The summed E-state index contributed by atoms with van der Waals surface area (Å²) in [7, 11) is 0. The minimum Gasteiger partial charge on any atom is -0.341 e. The van der Waals surface area contributed by atoms with Crippen molar-refractivity contribution >= 4 is 29.0 Å². The topological polar surface area (TPSA) is 70.2 Å². The molecular formula is C23H24FN5O. The first-order chi connectivity index (χ1) is 14.6. The van der Waals surface area contributed by atoms with Crippen molar-refractivity contribution in [3.63, 3.8) is 0 Å². The smallest absolute Gasteiger partial charge is 0.227 e. The first-order valence-corrected chi connectivity index (χ1v) is 10.1. The van der Waals surface area contributed by atoms with E-state index in [1.54, 1.807) is 24.4 Å². The van der Waals surface area contributed by atoms with Crippen LogP contribution in [-0.2, 0) is 4.79 Å². The molecule has 3 aromatic rings. The van der Waals surface area contributed by atoms with Crippen molar-refractivity contribution in [3.05, 3.63) is 72.2 Å². The second kappa shape index (κ2) is 8.90. The average Bonchev–Trinajstić information content (AvgIpc) is 2.77. The first-order valence-electron chi connectivity index (χ1n) is 10.1. The van der Waals surface area contributed by atoms with Crippen molar-refractivity contribution in [1.82, 2.24) is 9.97 Å². The molecule has 6 nitrogen and oxygen atoms in total. The Kier molecular flexibility index (Phi) is 5.88. The zero-order chi connectivity index (χ0) is 20.9. The third kappa shape index (κ3) is 4.74. The summed E-state index contributed by atoms with van der Waals surface area (Å²) in [6.07, 6.45) is 3.06. The van der Waals surface area contributed by atoms with Gasteiger partial charge >= 0.3 is 0 Å². The molecule has 0 unspecified atom stereocenters. The lowest BCUT2D eigenvalue weighted by Crippen LogP contribution is -2.39. The van der Waals surface area contributed by atoms with E-state index in [9.17, 15) is 9.18 Å². The highest BCUT2D eigenvalue weighted by Gasteiger charge is 2.26. The van der Waals surface area contributed by atoms with Crippen LogP contribution < -0.4 is 15.5 Å². The van der Waals surface area contributed by atoms with Gasteiger partial charge in [-0.15, -0.1) is 0 Å². The van der Waals surface area contributed by atoms with E-state index in [-0.39, 0.29) is 17.5 Å². The SMILES string of the molecule is Cc1ccc(Nc2ccnc(N3CCC(C(=O)Nc4ccccc4F)CC3)n2)cc1. The van der Waals surface area contributed by atoms with Crippen LogP contribution in [0, 0.1) is 18.7 Å². The van der Waals surface area contributed by atoms with Crippen molar-refractivity contribution in [2.24, 2.45) is 5.92 Å². The van der Waals surface area contributed by atoms with E-state index >= 15 is 0 Å². The van der Waals surface area contributed by atoms with Gasteiger partial charge in [-0.2, -0.15) is 4.98 Å². The fourth-order valence-corrected chi connectivity index (χ4v) is 3.49. The number of halogens is 1. The van der Waals surface area contributed by atoms with Crippen LogP contribution in [0.3, 0.4) is 0 Å². The predicted molar refractivity (Wildman–Crippen MR) is 116 cm³/mol. The summed E-state index contributed by atoms with van der Waals surface area (Å²) < 4.78 is 13.8. The maximum Gasteiger partial charge on any atom is 0.227 e. The molecule has 2 N–H and O–H groups in total. The number of amides is 1. The van der Waals surface area contributed by atoms with Gasteiger partial charge in [0.05, 0.1) is 5.69 Å². The van der Waals surface area contributed by atoms with Crippen molar-refractivity contribution < 1.29 is 9.18 Å². The van der Waals surface area contributed by atoms with Crippen molar-refractivity contribution in [2.75, 3.05) is 28.6 Å². The molecular weight excluding hydrogens is 381 g/mol. The number of hydrogen-bond acceptors (Lipinski definition) is 5. The standard InChI is InChI=1S/C23H24FN5O/c1-16-6-8-18(9-7-16)26-21-10-13-25-23(28-21)29-14-11-17(12-15-29)22(30)27-20-5-3-2-4-19(20)24/h2-10,13,17H,11-12,14-15H2,1H3,(H,27,30)(H,25,26,28). The molecule has 1 aliphatic heterocycles. The second-order valence-corrected chi connectivity index (χ2v) is 7.46. The molecule has 1 fully saturated rings. The van der Waals surface area contributed by atoms with Crippen LogP contribution in [0.15, 0.2) is 60.8 Å². The lowest BCUT2D eigenvalue weighted by Gasteiger charge is -2.31. The molecule has 1 aliphatic rings. The molecule has 4 rings (SSSR count). The van der Waals surface area contributed by atoms with Crippen molar-refractivity contribution in [1.29, 1.82) is 0 Å². The number of rotatable bonds is 5. The van der Waals surface area contributed by atoms with Gasteiger partial charge in [-0.1, -0.05) is 29.8 Å². The fraction of sp³-hybridized carbons (Fsp3) is 0.261. The fourth-order valence-electron chi connectivity index (χ4n) is 3.49. The lowest BCUT2D eigenvalue weighted by molar-refractivity contribution is -0.120. The van der Waals surface area contributed by atoms with Gasteiger partial charge in [0.2, 0.25) is 11.9 Å². The van der Waals surface area contributed by atoms with Gasteiger partial charge in [-0.05, 0) is 50.1 Å². The van der Waals surface area contributed by atoms with E-state index in [0.29, 0.717) is 31.9 Å². The maximum absolute atomic E-state index is 13.8. The number of aromatic nitrogens is 2. The van der Waals surface area contributed by atoms with E-state index in [1.807, 2.05) is 37.3 Å². The number of aryl methyl sites for hydroxylation is 1. The van der Waals surface area contributed by atoms with Crippen molar-refractivity contribution in [2.45, 2.75) is 19.8 Å². The van der Waals surface area contributed by atoms with Gasteiger partial charge in [0.25, 0.3) is 0 Å². The van der Waals surface area contributed by atoms with Crippen molar-refractivity contribution in [3.8, 4) is 0 Å². The molecule has 0 atom stereocenters. The third-order valence-electron chi connectivity index (χ3n) is 5.25. The number of benzene rings is 2. The summed E-state index contributed by atoms with van der Waals surface area (Å²) in [5.41, 5.74) is 2.39. The largest absolute Gasteiger partial charge is 0.341 e. The summed E-state index contributed by atoms with van der Waals surface area (Å²) in [5.74, 6) is 0.642. The van der Waals surface area contributed by atoms with Gasteiger partial charge in [0, 0.05) is 30.9 Å². The third-order valence-corrected chi connectivity index (χ3v) is 5.25. The minimum atomic E-state index is -0.422. The minimum absolute atomic E-state index is 0.143. The number of nitrogens with one attached hydrogen (secondary N) is 2. The van der Waals surface area contributed by atoms with Gasteiger partial charge < -0.3 is 15.5 Å². The summed E-state index contributed by atoms with van der Waals surface area (Å²) in [6.45, 7) is 3.39. The normalized spacial score (nSPS) is 14.4. The van der Waals surface area contributed by atoms with Gasteiger partial charge in [-0.25, -0.2) is 9.37 Å².